The van der Waals surface area contributed by atoms with Gasteiger partial charge in [0, 0.05) is 12.2 Å². The van der Waals surface area contributed by atoms with Crippen molar-refractivity contribution in [3.63, 3.8) is 0 Å². The summed E-state index contributed by atoms with van der Waals surface area (Å²) in [6, 6.07) is 4.59. The molecule has 0 saturated heterocycles. The largest absolute Gasteiger partial charge is 0.366 e. The Morgan fingerprint density at radius 2 is 2.06 bits per heavy atom. The summed E-state index contributed by atoms with van der Waals surface area (Å²) < 4.78 is 0. The highest BCUT2D eigenvalue weighted by Crippen LogP contribution is 2.45. The van der Waals surface area contributed by atoms with Gasteiger partial charge >= 0.3 is 0 Å². The van der Waals surface area contributed by atoms with Gasteiger partial charge in [-0.3, -0.25) is 9.59 Å². The minimum Gasteiger partial charge on any atom is -0.366 e. The Morgan fingerprint density at radius 1 is 1.39 bits per heavy atom. The maximum atomic E-state index is 11.9. The van der Waals surface area contributed by atoms with Crippen molar-refractivity contribution in [1.82, 2.24) is 0 Å². The normalized spacial score (nSPS) is 16.1. The van der Waals surface area contributed by atoms with E-state index in [2.05, 4.69) is 5.32 Å². The molecule has 1 aliphatic carbocycles. The van der Waals surface area contributed by atoms with Crippen LogP contribution in [0, 0.1) is 5.41 Å². The highest BCUT2D eigenvalue weighted by Gasteiger charge is 2.48. The predicted molar refractivity (Wildman–Crippen MR) is 69.3 cm³/mol. The molecule has 1 saturated carbocycles. The van der Waals surface area contributed by atoms with Crippen LogP contribution < -0.4 is 16.8 Å². The zero-order chi connectivity index (χ0) is 13.3. The van der Waals surface area contributed by atoms with Gasteiger partial charge in [-0.15, -0.1) is 0 Å². The van der Waals surface area contributed by atoms with Gasteiger partial charge in [-0.2, -0.15) is 0 Å². The Balaban J connectivity index is 2.13. The quantitative estimate of drug-likeness (QED) is 0.762. The molecular weight excluding hydrogens is 254 g/mol. The lowest BCUT2D eigenvalue weighted by molar-refractivity contribution is -0.120. The van der Waals surface area contributed by atoms with Gasteiger partial charge in [0.05, 0.1) is 16.0 Å². The maximum Gasteiger partial charge on any atom is 0.250 e. The molecule has 5 N–H and O–H groups in total. The molecule has 0 heterocycles. The van der Waals surface area contributed by atoms with Gasteiger partial charge < -0.3 is 16.8 Å². The molecule has 1 aromatic carbocycles. The van der Waals surface area contributed by atoms with Crippen molar-refractivity contribution >= 4 is 29.1 Å². The number of benzene rings is 1. The van der Waals surface area contributed by atoms with Crippen LogP contribution in [-0.2, 0) is 4.79 Å². The summed E-state index contributed by atoms with van der Waals surface area (Å²) in [6.07, 6.45) is 1.62. The number of anilines is 1. The van der Waals surface area contributed by atoms with E-state index in [0.717, 1.165) is 12.8 Å². The molecule has 96 valence electrons. The van der Waals surface area contributed by atoms with Gasteiger partial charge in [0.25, 0.3) is 0 Å². The first kappa shape index (κ1) is 12.9. The van der Waals surface area contributed by atoms with Crippen LogP contribution in [0.15, 0.2) is 18.2 Å². The first-order chi connectivity index (χ1) is 8.48. The van der Waals surface area contributed by atoms with Crippen LogP contribution >= 0.6 is 11.6 Å². The molecule has 0 aromatic heterocycles. The number of carbonyl (C=O) groups is 2. The van der Waals surface area contributed by atoms with Gasteiger partial charge in [-0.05, 0) is 31.0 Å². The summed E-state index contributed by atoms with van der Waals surface area (Å²) in [6.45, 7) is 0.339. The molecule has 0 bridgehead atoms. The number of nitrogens with two attached hydrogens (primary N) is 2. The second-order valence-corrected chi connectivity index (χ2v) is 4.90. The molecule has 5 nitrogen and oxygen atoms in total. The monoisotopic (exact) mass is 267 g/mol. The van der Waals surface area contributed by atoms with E-state index in [9.17, 15) is 9.59 Å². The molecule has 18 heavy (non-hydrogen) atoms. The molecular formula is C12H14ClN3O2. The SMILES string of the molecule is NCC1(C(=O)Nc2ccc(C(N)=O)c(Cl)c2)CC1. The number of rotatable bonds is 4. The molecule has 2 rings (SSSR count). The fourth-order valence-corrected chi connectivity index (χ4v) is 2.00. The third kappa shape index (κ3) is 2.32. The Labute approximate surface area is 109 Å². The van der Waals surface area contributed by atoms with E-state index in [1.54, 1.807) is 6.07 Å². The predicted octanol–water partition coefficient (Wildman–Crippen LogP) is 1.12. The number of primary amides is 1. The molecule has 2 amide bonds. The lowest BCUT2D eigenvalue weighted by Gasteiger charge is -2.13. The third-order valence-electron chi connectivity index (χ3n) is 3.22. The molecule has 0 unspecified atom stereocenters. The minimum atomic E-state index is -0.599. The average Bonchev–Trinajstić information content (AvgIpc) is 3.09. The standard InChI is InChI=1S/C12H14ClN3O2/c13-9-5-7(1-2-8(9)10(15)17)16-11(18)12(6-14)3-4-12/h1-2,5H,3-4,6,14H2,(H2,15,17)(H,16,18). The molecule has 6 heteroatoms. The fourth-order valence-electron chi connectivity index (χ4n) is 1.73. The molecule has 0 aliphatic heterocycles. The lowest BCUT2D eigenvalue weighted by Crippen LogP contribution is -2.30. The Morgan fingerprint density at radius 3 is 2.50 bits per heavy atom. The van der Waals surface area contributed by atoms with Gasteiger partial charge in [0.1, 0.15) is 0 Å². The van der Waals surface area contributed by atoms with Crippen molar-refractivity contribution in [3.05, 3.63) is 28.8 Å². The van der Waals surface area contributed by atoms with Crippen molar-refractivity contribution in [3.8, 4) is 0 Å². The fraction of sp³-hybridized carbons (Fsp3) is 0.333. The van der Waals surface area contributed by atoms with Gasteiger partial charge in [-0.25, -0.2) is 0 Å². The molecule has 1 aliphatic rings. The van der Waals surface area contributed by atoms with Crippen molar-refractivity contribution in [2.24, 2.45) is 16.9 Å². The maximum absolute atomic E-state index is 11.9. The van der Waals surface area contributed by atoms with E-state index < -0.39 is 11.3 Å². The van der Waals surface area contributed by atoms with E-state index in [1.807, 2.05) is 0 Å². The highest BCUT2D eigenvalue weighted by molar-refractivity contribution is 6.34. The van der Waals surface area contributed by atoms with Crippen LogP contribution in [0.3, 0.4) is 0 Å². The first-order valence-electron chi connectivity index (χ1n) is 5.59. The molecule has 1 fully saturated rings. The topological polar surface area (TPSA) is 98.2 Å². The molecule has 0 spiro atoms. The number of amides is 2. The minimum absolute atomic E-state index is 0.104. The van der Waals surface area contributed by atoms with Crippen molar-refractivity contribution in [2.45, 2.75) is 12.8 Å². The number of hydrogen-bond donors (Lipinski definition) is 3. The van der Waals surface area contributed by atoms with Crippen molar-refractivity contribution in [1.29, 1.82) is 0 Å². The van der Waals surface area contributed by atoms with E-state index in [4.69, 9.17) is 23.1 Å². The lowest BCUT2D eigenvalue weighted by atomic mass is 10.1. The number of hydrogen-bond acceptors (Lipinski definition) is 3. The molecule has 0 atom stereocenters. The van der Waals surface area contributed by atoms with Crippen LogP contribution in [0.5, 0.6) is 0 Å². The van der Waals surface area contributed by atoms with Crippen molar-refractivity contribution < 1.29 is 9.59 Å². The third-order valence-corrected chi connectivity index (χ3v) is 3.53. The smallest absolute Gasteiger partial charge is 0.250 e. The summed E-state index contributed by atoms with van der Waals surface area (Å²) in [5, 5.41) is 2.97. The average molecular weight is 268 g/mol. The van der Waals surface area contributed by atoms with Gasteiger partial charge in [0.2, 0.25) is 11.8 Å². The Bertz CT molecular complexity index is 512. The van der Waals surface area contributed by atoms with Gasteiger partial charge in [0.15, 0.2) is 0 Å². The van der Waals surface area contributed by atoms with E-state index in [0.29, 0.717) is 12.2 Å². The Hall–Kier alpha value is -1.59. The summed E-state index contributed by atoms with van der Waals surface area (Å²) in [5.41, 5.74) is 11.1. The highest BCUT2D eigenvalue weighted by atomic mass is 35.5. The summed E-state index contributed by atoms with van der Waals surface area (Å²) >= 11 is 5.89. The zero-order valence-corrected chi connectivity index (χ0v) is 10.5. The molecule has 1 aromatic rings. The van der Waals surface area contributed by atoms with Crippen LogP contribution in [0.1, 0.15) is 23.2 Å². The first-order valence-corrected chi connectivity index (χ1v) is 5.97. The Kier molecular flexibility index (Phi) is 3.28. The summed E-state index contributed by atoms with van der Waals surface area (Å²) in [5.74, 6) is -0.702. The van der Waals surface area contributed by atoms with Crippen LogP contribution in [0.25, 0.3) is 0 Å². The van der Waals surface area contributed by atoms with Crippen molar-refractivity contribution in [2.75, 3.05) is 11.9 Å². The van der Waals surface area contributed by atoms with E-state index >= 15 is 0 Å². The van der Waals surface area contributed by atoms with Crippen LogP contribution in [0.2, 0.25) is 5.02 Å². The van der Waals surface area contributed by atoms with E-state index in [1.165, 1.54) is 12.1 Å². The number of nitrogens with one attached hydrogen (secondary N) is 1. The zero-order valence-electron chi connectivity index (χ0n) is 9.70. The molecule has 0 radical (unpaired) electrons. The summed E-state index contributed by atoms with van der Waals surface area (Å²) in [4.78, 5) is 22.9. The summed E-state index contributed by atoms with van der Waals surface area (Å²) in [7, 11) is 0. The second kappa shape index (κ2) is 4.59. The van der Waals surface area contributed by atoms with Crippen LogP contribution in [0.4, 0.5) is 5.69 Å². The number of carbonyl (C=O) groups excluding carboxylic acids is 2. The van der Waals surface area contributed by atoms with Crippen LogP contribution in [-0.4, -0.2) is 18.4 Å². The number of halogens is 1. The second-order valence-electron chi connectivity index (χ2n) is 4.50. The van der Waals surface area contributed by atoms with E-state index in [-0.39, 0.29) is 16.5 Å². The van der Waals surface area contributed by atoms with Gasteiger partial charge in [-0.1, -0.05) is 11.6 Å².